The number of anilines is 1. The van der Waals surface area contributed by atoms with Crippen LogP contribution in [0.1, 0.15) is 71.6 Å². The van der Waals surface area contributed by atoms with E-state index in [1.165, 1.54) is 42.6 Å². The molecule has 2 aliphatic rings. The molecule has 2 amide bonds. The van der Waals surface area contributed by atoms with Crippen LogP contribution in [0.5, 0.6) is 5.75 Å². The van der Waals surface area contributed by atoms with E-state index in [0.717, 1.165) is 41.6 Å². The zero-order valence-corrected chi connectivity index (χ0v) is 24.8. The number of nitrogens with zero attached hydrogens (tertiary/aromatic N) is 4. The number of pyridine rings is 1. The van der Waals surface area contributed by atoms with Gasteiger partial charge < -0.3 is 15.3 Å². The number of carbonyl (C=O) groups is 2. The van der Waals surface area contributed by atoms with E-state index in [0.29, 0.717) is 17.7 Å². The highest BCUT2D eigenvalue weighted by molar-refractivity contribution is 7.89. The Morgan fingerprint density at radius 3 is 2.45 bits per heavy atom. The van der Waals surface area contributed by atoms with Gasteiger partial charge in [-0.05, 0) is 61.1 Å². The molecule has 2 fully saturated rings. The largest absolute Gasteiger partial charge is 0.507 e. The van der Waals surface area contributed by atoms with Crippen molar-refractivity contribution in [1.82, 2.24) is 14.6 Å². The van der Waals surface area contributed by atoms with E-state index >= 15 is 0 Å². The van der Waals surface area contributed by atoms with Gasteiger partial charge in [0, 0.05) is 31.5 Å². The van der Waals surface area contributed by atoms with E-state index in [2.05, 4.69) is 10.3 Å². The fourth-order valence-electron chi connectivity index (χ4n) is 5.69. The van der Waals surface area contributed by atoms with Crippen LogP contribution in [0.3, 0.4) is 0 Å². The highest BCUT2D eigenvalue weighted by Crippen LogP contribution is 2.34. The molecule has 0 spiro atoms. The summed E-state index contributed by atoms with van der Waals surface area (Å²) < 4.78 is 55.8. The molecule has 0 unspecified atom stereocenters. The van der Waals surface area contributed by atoms with Crippen molar-refractivity contribution in [3.05, 3.63) is 82.7 Å². The molecule has 3 aromatic rings. The number of aromatic hydroxyl groups is 1. The topological polar surface area (TPSA) is 144 Å². The number of hydrogen-bond donors (Lipinski definition) is 2. The minimum Gasteiger partial charge on any atom is -0.507 e. The average molecular weight is 624 g/mol. The summed E-state index contributed by atoms with van der Waals surface area (Å²) in [7, 11) is -3.09. The van der Waals surface area contributed by atoms with Crippen LogP contribution in [-0.2, 0) is 21.4 Å². The van der Waals surface area contributed by atoms with Crippen molar-refractivity contribution >= 4 is 27.5 Å². The maximum absolute atomic E-state index is 14.1. The number of phenols is 1. The lowest BCUT2D eigenvalue weighted by Crippen LogP contribution is -2.59. The van der Waals surface area contributed by atoms with Crippen LogP contribution >= 0.6 is 0 Å². The second-order valence-electron chi connectivity index (χ2n) is 10.9. The number of hydrogen-bond acceptors (Lipinski definition) is 7. The van der Waals surface area contributed by atoms with E-state index in [4.69, 9.17) is 5.26 Å². The Balaban J connectivity index is 1.46. The predicted octanol–water partition coefficient (Wildman–Crippen LogP) is 4.34. The van der Waals surface area contributed by atoms with Gasteiger partial charge in [0.25, 0.3) is 5.91 Å². The maximum Gasteiger partial charge on any atom is 0.254 e. The number of nitriles is 1. The molecule has 1 atom stereocenters. The van der Waals surface area contributed by atoms with E-state index in [9.17, 15) is 31.9 Å². The molecule has 1 saturated heterocycles. The molecule has 1 aromatic heterocycles. The third-order valence-electron chi connectivity index (χ3n) is 8.26. The van der Waals surface area contributed by atoms with Gasteiger partial charge in [-0.1, -0.05) is 25.3 Å². The molecule has 230 valence electrons. The van der Waals surface area contributed by atoms with Crippen molar-refractivity contribution in [1.29, 1.82) is 5.26 Å². The number of carbonyl (C=O) groups excluding carboxylic acids is 2. The summed E-state index contributed by atoms with van der Waals surface area (Å²) in [4.78, 5) is 31.3. The van der Waals surface area contributed by atoms with E-state index in [1.54, 1.807) is 6.20 Å². The molecule has 2 N–H and O–H groups in total. The number of rotatable bonds is 8. The van der Waals surface area contributed by atoms with Gasteiger partial charge in [-0.15, -0.1) is 0 Å². The number of sulfonamides is 1. The van der Waals surface area contributed by atoms with Crippen molar-refractivity contribution < 1.29 is 31.9 Å². The van der Waals surface area contributed by atoms with Crippen LogP contribution in [0, 0.1) is 23.0 Å². The maximum atomic E-state index is 14.1. The lowest BCUT2D eigenvalue weighted by molar-refractivity contribution is -0.125. The monoisotopic (exact) mass is 623 g/mol. The molecule has 10 nitrogen and oxygen atoms in total. The molecule has 0 radical (unpaired) electrons. The van der Waals surface area contributed by atoms with Crippen LogP contribution in [-0.4, -0.2) is 54.3 Å². The van der Waals surface area contributed by atoms with Gasteiger partial charge in [0.05, 0.1) is 28.3 Å². The van der Waals surface area contributed by atoms with Gasteiger partial charge in [-0.2, -0.15) is 9.57 Å². The SMILES string of the molecule is CNC(=O)c1ccc(N(Cc2ccc(C3CCCCC3)cn2)C(=O)[C@H]2CCN2S(=O)(=O)c2cc(F)c(F)c(C#N)c2)cc1O. The molecular weight excluding hydrogens is 592 g/mol. The second kappa shape index (κ2) is 12.7. The number of phenolic OH excluding ortho intramolecular Hbond substituents is 1. The quantitative estimate of drug-likeness (QED) is 0.380. The Morgan fingerprint density at radius 1 is 1.11 bits per heavy atom. The molecule has 2 aromatic carbocycles. The molecular formula is C31H31F2N5O5S. The number of aromatic nitrogens is 1. The first kappa shape index (κ1) is 31.0. The van der Waals surface area contributed by atoms with E-state index < -0.39 is 50.0 Å². The molecule has 13 heteroatoms. The molecule has 1 saturated carbocycles. The van der Waals surface area contributed by atoms with Gasteiger partial charge in [-0.3, -0.25) is 14.6 Å². The summed E-state index contributed by atoms with van der Waals surface area (Å²) in [6, 6.07) is 9.29. The Bertz CT molecular complexity index is 1740. The highest BCUT2D eigenvalue weighted by atomic mass is 32.2. The Hall–Kier alpha value is -4.41. The van der Waals surface area contributed by atoms with Gasteiger partial charge in [0.15, 0.2) is 11.6 Å². The predicted molar refractivity (Wildman–Crippen MR) is 156 cm³/mol. The standard InChI is InChI=1S/C31H31F2N5O5S/c1-35-30(40)25-10-9-23(14-28(25)39)37(18-22-8-7-20(17-36-22)19-5-3-2-4-6-19)31(41)27-11-12-38(27)44(42,43)24-13-21(16-34)29(33)26(32)15-24/h7-10,13-15,17,19,27,39H,2-6,11-12,18H2,1H3,(H,35,40)/t27-/m1/s1. The lowest BCUT2D eigenvalue weighted by Gasteiger charge is -2.41. The second-order valence-corrected chi connectivity index (χ2v) is 12.8. The summed E-state index contributed by atoms with van der Waals surface area (Å²) in [6.45, 7) is -0.140. The van der Waals surface area contributed by atoms with Crippen LogP contribution in [0.25, 0.3) is 0 Å². The molecule has 2 heterocycles. The smallest absolute Gasteiger partial charge is 0.254 e. The zero-order valence-electron chi connectivity index (χ0n) is 24.0. The normalized spacial score (nSPS) is 17.4. The summed E-state index contributed by atoms with van der Waals surface area (Å²) in [5, 5.41) is 22.1. The van der Waals surface area contributed by atoms with Crippen molar-refractivity contribution in [2.75, 3.05) is 18.5 Å². The van der Waals surface area contributed by atoms with Crippen molar-refractivity contribution in [3.63, 3.8) is 0 Å². The van der Waals surface area contributed by atoms with Crippen LogP contribution in [0.15, 0.2) is 53.6 Å². The van der Waals surface area contributed by atoms with Gasteiger partial charge >= 0.3 is 0 Å². The third kappa shape index (κ3) is 6.00. The number of benzene rings is 2. The molecule has 5 rings (SSSR count). The van der Waals surface area contributed by atoms with E-state index in [-0.39, 0.29) is 36.5 Å². The number of amides is 2. The highest BCUT2D eigenvalue weighted by Gasteiger charge is 2.45. The summed E-state index contributed by atoms with van der Waals surface area (Å²) in [5.74, 6) is -4.11. The zero-order chi connectivity index (χ0) is 31.6. The fraction of sp³-hybridized carbons (Fsp3) is 0.355. The number of nitrogens with one attached hydrogen (secondary N) is 1. The minimum atomic E-state index is -4.49. The van der Waals surface area contributed by atoms with Crippen molar-refractivity contribution in [3.8, 4) is 11.8 Å². The summed E-state index contributed by atoms with van der Waals surface area (Å²) in [5.41, 5.74) is 1.03. The molecule has 0 bridgehead atoms. The molecule has 44 heavy (non-hydrogen) atoms. The van der Waals surface area contributed by atoms with Crippen LogP contribution in [0.2, 0.25) is 0 Å². The van der Waals surface area contributed by atoms with Crippen LogP contribution in [0.4, 0.5) is 14.5 Å². The van der Waals surface area contributed by atoms with Crippen LogP contribution < -0.4 is 10.2 Å². The average Bonchev–Trinajstić information content (AvgIpc) is 3.00. The first-order chi connectivity index (χ1) is 21.0. The Morgan fingerprint density at radius 2 is 1.86 bits per heavy atom. The minimum absolute atomic E-state index is 0.0157. The lowest BCUT2D eigenvalue weighted by atomic mass is 9.85. The Labute approximate surface area is 254 Å². The summed E-state index contributed by atoms with van der Waals surface area (Å²) >= 11 is 0. The number of halogens is 2. The van der Waals surface area contributed by atoms with Crippen molar-refractivity contribution in [2.45, 2.75) is 61.9 Å². The van der Waals surface area contributed by atoms with Gasteiger partial charge in [0.2, 0.25) is 15.9 Å². The fourth-order valence-corrected chi connectivity index (χ4v) is 7.35. The summed E-state index contributed by atoms with van der Waals surface area (Å²) in [6.07, 6.45) is 7.63. The van der Waals surface area contributed by atoms with Gasteiger partial charge in [0.1, 0.15) is 17.9 Å². The van der Waals surface area contributed by atoms with Gasteiger partial charge in [-0.25, -0.2) is 17.2 Å². The van der Waals surface area contributed by atoms with Crippen molar-refractivity contribution in [2.24, 2.45) is 0 Å². The first-order valence-corrected chi connectivity index (χ1v) is 15.7. The Kier molecular flexibility index (Phi) is 8.94. The molecule has 1 aliphatic heterocycles. The first-order valence-electron chi connectivity index (χ1n) is 14.3. The molecule has 1 aliphatic carbocycles. The third-order valence-corrected chi connectivity index (χ3v) is 10.1. The van der Waals surface area contributed by atoms with E-state index in [1.807, 2.05) is 12.1 Å².